The Balaban J connectivity index is 1.84. The fraction of sp³-hybridized carbons (Fsp3) is 0.467. The molecule has 1 aromatic carbocycles. The van der Waals surface area contributed by atoms with Gasteiger partial charge < -0.3 is 15.4 Å². The van der Waals surface area contributed by atoms with E-state index in [-0.39, 0.29) is 17.5 Å². The van der Waals surface area contributed by atoms with Crippen molar-refractivity contribution in [3.8, 4) is 0 Å². The van der Waals surface area contributed by atoms with E-state index in [0.29, 0.717) is 24.6 Å². The zero-order valence-electron chi connectivity index (χ0n) is 13.7. The Hall–Kier alpha value is -2.29. The first-order chi connectivity index (χ1) is 11.4. The molecule has 0 aromatic heterocycles. The van der Waals surface area contributed by atoms with Crippen LogP contribution in [0.4, 0.5) is 10.5 Å². The van der Waals surface area contributed by atoms with E-state index in [9.17, 15) is 13.2 Å². The van der Waals surface area contributed by atoms with E-state index in [4.69, 9.17) is 0 Å². The number of benzene rings is 1. The van der Waals surface area contributed by atoms with Crippen LogP contribution in [0, 0.1) is 0 Å². The maximum Gasteiger partial charge on any atom is 0.411 e. The molecule has 0 aliphatic carbocycles. The van der Waals surface area contributed by atoms with Crippen LogP contribution >= 0.6 is 0 Å². The molecule has 1 aliphatic heterocycles. The summed E-state index contributed by atoms with van der Waals surface area (Å²) < 4.78 is 27.5. The van der Waals surface area contributed by atoms with Crippen molar-refractivity contribution in [1.82, 2.24) is 10.6 Å². The van der Waals surface area contributed by atoms with E-state index in [2.05, 4.69) is 25.7 Å². The molecule has 9 heteroatoms. The smallest absolute Gasteiger partial charge is 0.411 e. The van der Waals surface area contributed by atoms with Crippen LogP contribution in [0.3, 0.4) is 0 Å². The average molecular weight is 354 g/mol. The summed E-state index contributed by atoms with van der Waals surface area (Å²) in [4.78, 5) is 15.2. The lowest BCUT2D eigenvalue weighted by atomic mass is 10.2. The second-order valence-electron chi connectivity index (χ2n) is 5.48. The molecule has 1 saturated heterocycles. The van der Waals surface area contributed by atoms with Crippen LogP contribution in [0.15, 0.2) is 29.3 Å². The van der Waals surface area contributed by atoms with Crippen LogP contribution < -0.4 is 16.0 Å². The minimum absolute atomic E-state index is 0.104. The number of nitrogens with zero attached hydrogens (tertiary/aromatic N) is 1. The van der Waals surface area contributed by atoms with Gasteiger partial charge in [-0.25, -0.2) is 13.2 Å². The van der Waals surface area contributed by atoms with Crippen molar-refractivity contribution in [2.45, 2.75) is 19.0 Å². The maximum atomic E-state index is 11.5. The molecule has 8 nitrogen and oxygen atoms in total. The Morgan fingerprint density at radius 3 is 2.58 bits per heavy atom. The van der Waals surface area contributed by atoms with E-state index in [0.717, 1.165) is 5.56 Å². The highest BCUT2D eigenvalue weighted by Crippen LogP contribution is 2.12. The molecule has 1 amide bonds. The molecular weight excluding hydrogens is 332 g/mol. The summed E-state index contributed by atoms with van der Waals surface area (Å²) in [5.41, 5.74) is 1.64. The number of carbonyl (C=O) groups is 1. The molecule has 1 atom stereocenters. The zero-order valence-corrected chi connectivity index (χ0v) is 14.5. The summed E-state index contributed by atoms with van der Waals surface area (Å²) >= 11 is 0. The number of hydrogen-bond acceptors (Lipinski definition) is 5. The van der Waals surface area contributed by atoms with E-state index < -0.39 is 15.9 Å². The molecule has 1 unspecified atom stereocenters. The fourth-order valence-electron chi connectivity index (χ4n) is 2.36. The quantitative estimate of drug-likeness (QED) is 0.543. The molecule has 24 heavy (non-hydrogen) atoms. The van der Waals surface area contributed by atoms with Gasteiger partial charge in [0.25, 0.3) is 0 Å². The van der Waals surface area contributed by atoms with E-state index in [1.54, 1.807) is 19.2 Å². The average Bonchev–Trinajstić information content (AvgIpc) is 2.91. The predicted octanol–water partition coefficient (Wildman–Crippen LogP) is 0.717. The number of hydrogen-bond donors (Lipinski definition) is 3. The number of amides is 1. The SMILES string of the molecule is CN=C(NCc1ccc(NC(=O)OC)cc1)NC1CCS(=O)(=O)C1. The standard InChI is InChI=1S/C15H22N4O4S/c1-16-14(18-13-7-8-24(21,22)10-13)17-9-11-3-5-12(6-4-11)19-15(20)23-2/h3-6,13H,7-10H2,1-2H3,(H,19,20)(H2,16,17,18). The van der Waals surface area contributed by atoms with Crippen LogP contribution in [-0.2, 0) is 21.1 Å². The molecular formula is C15H22N4O4S. The van der Waals surface area contributed by atoms with Crippen LogP contribution in [0.2, 0.25) is 0 Å². The summed E-state index contributed by atoms with van der Waals surface area (Å²) in [6.45, 7) is 0.525. The molecule has 1 aliphatic rings. The maximum absolute atomic E-state index is 11.5. The normalized spacial score (nSPS) is 19.6. The number of guanidine groups is 1. The molecule has 132 valence electrons. The lowest BCUT2D eigenvalue weighted by molar-refractivity contribution is 0.187. The van der Waals surface area contributed by atoms with Crippen molar-refractivity contribution in [2.24, 2.45) is 4.99 Å². The fourth-order valence-corrected chi connectivity index (χ4v) is 4.03. The van der Waals surface area contributed by atoms with Gasteiger partial charge in [-0.3, -0.25) is 10.3 Å². The van der Waals surface area contributed by atoms with Gasteiger partial charge in [0.05, 0.1) is 18.6 Å². The van der Waals surface area contributed by atoms with Crippen molar-refractivity contribution in [3.63, 3.8) is 0 Å². The number of methoxy groups -OCH3 is 1. The van der Waals surface area contributed by atoms with Gasteiger partial charge in [-0.05, 0) is 24.1 Å². The van der Waals surface area contributed by atoms with Crippen molar-refractivity contribution in [3.05, 3.63) is 29.8 Å². The third kappa shape index (κ3) is 5.41. The highest BCUT2D eigenvalue weighted by Gasteiger charge is 2.28. The summed E-state index contributed by atoms with van der Waals surface area (Å²) in [6, 6.07) is 7.17. The minimum Gasteiger partial charge on any atom is -0.453 e. The van der Waals surface area contributed by atoms with Crippen molar-refractivity contribution in [2.75, 3.05) is 31.0 Å². The lowest BCUT2D eigenvalue weighted by Crippen LogP contribution is -2.43. The molecule has 0 saturated carbocycles. The highest BCUT2D eigenvalue weighted by molar-refractivity contribution is 7.91. The monoisotopic (exact) mass is 354 g/mol. The second-order valence-corrected chi connectivity index (χ2v) is 7.71. The highest BCUT2D eigenvalue weighted by atomic mass is 32.2. The van der Waals surface area contributed by atoms with Crippen LogP contribution in [-0.4, -0.2) is 52.2 Å². The summed E-state index contributed by atoms with van der Waals surface area (Å²) in [5.74, 6) is 0.923. The number of aliphatic imine (C=N–C) groups is 1. The van der Waals surface area contributed by atoms with Crippen molar-refractivity contribution >= 4 is 27.6 Å². The van der Waals surface area contributed by atoms with Gasteiger partial charge in [-0.1, -0.05) is 12.1 Å². The van der Waals surface area contributed by atoms with Gasteiger partial charge in [0.2, 0.25) is 0 Å². The van der Waals surface area contributed by atoms with Gasteiger partial charge >= 0.3 is 6.09 Å². The number of carbonyl (C=O) groups excluding carboxylic acids is 1. The predicted molar refractivity (Wildman–Crippen MR) is 92.9 cm³/mol. The molecule has 1 heterocycles. The zero-order chi connectivity index (χ0) is 17.6. The molecule has 0 bridgehead atoms. The Kier molecular flexibility index (Phi) is 6.02. The Labute approximate surface area is 141 Å². The van der Waals surface area contributed by atoms with Crippen LogP contribution in [0.25, 0.3) is 0 Å². The number of anilines is 1. The van der Waals surface area contributed by atoms with Crippen molar-refractivity contribution < 1.29 is 17.9 Å². The topological polar surface area (TPSA) is 109 Å². The Morgan fingerprint density at radius 1 is 1.33 bits per heavy atom. The third-order valence-electron chi connectivity index (χ3n) is 3.64. The third-order valence-corrected chi connectivity index (χ3v) is 5.41. The molecule has 0 spiro atoms. The van der Waals surface area contributed by atoms with Crippen LogP contribution in [0.1, 0.15) is 12.0 Å². The molecule has 3 N–H and O–H groups in total. The summed E-state index contributed by atoms with van der Waals surface area (Å²) in [7, 11) is 0.0250. The van der Waals surface area contributed by atoms with Gasteiger partial charge in [-0.15, -0.1) is 0 Å². The van der Waals surface area contributed by atoms with Gasteiger partial charge in [0.1, 0.15) is 0 Å². The second kappa shape index (κ2) is 8.00. The molecule has 1 fully saturated rings. The first-order valence-corrected chi connectivity index (χ1v) is 9.35. The largest absolute Gasteiger partial charge is 0.453 e. The van der Waals surface area contributed by atoms with E-state index in [1.165, 1.54) is 7.11 Å². The lowest BCUT2D eigenvalue weighted by Gasteiger charge is -2.16. The Morgan fingerprint density at radius 2 is 2.04 bits per heavy atom. The van der Waals surface area contributed by atoms with E-state index in [1.807, 2.05) is 12.1 Å². The Bertz CT molecular complexity index is 701. The number of sulfone groups is 1. The number of nitrogens with one attached hydrogen (secondary N) is 3. The number of ether oxygens (including phenoxy) is 1. The summed E-state index contributed by atoms with van der Waals surface area (Å²) in [6.07, 6.45) is 0.0775. The summed E-state index contributed by atoms with van der Waals surface area (Å²) in [5, 5.41) is 8.84. The van der Waals surface area contributed by atoms with Crippen molar-refractivity contribution in [1.29, 1.82) is 0 Å². The first-order valence-electron chi connectivity index (χ1n) is 7.53. The van der Waals surface area contributed by atoms with Gasteiger partial charge in [0.15, 0.2) is 15.8 Å². The first kappa shape index (κ1) is 18.1. The van der Waals surface area contributed by atoms with Crippen LogP contribution in [0.5, 0.6) is 0 Å². The van der Waals surface area contributed by atoms with Gasteiger partial charge in [0, 0.05) is 25.3 Å². The molecule has 0 radical (unpaired) electrons. The van der Waals surface area contributed by atoms with E-state index >= 15 is 0 Å². The molecule has 1 aromatic rings. The minimum atomic E-state index is -2.92. The van der Waals surface area contributed by atoms with Gasteiger partial charge in [-0.2, -0.15) is 0 Å². The molecule has 2 rings (SSSR count). The number of rotatable bonds is 4.